The van der Waals surface area contributed by atoms with Crippen LogP contribution in [0.2, 0.25) is 0 Å². The van der Waals surface area contributed by atoms with E-state index >= 15 is 0 Å². The number of amides is 2. The smallest absolute Gasteiger partial charge is 0.269 e. The van der Waals surface area contributed by atoms with Crippen molar-refractivity contribution in [1.82, 2.24) is 20.8 Å². The van der Waals surface area contributed by atoms with Gasteiger partial charge in [-0.15, -0.1) is 0 Å². The number of rotatable bonds is 6. The predicted molar refractivity (Wildman–Crippen MR) is 113 cm³/mol. The average molecular weight is 425 g/mol. The van der Waals surface area contributed by atoms with Crippen LogP contribution < -0.4 is 10.9 Å². The SMILES string of the molecule is Cc1cc(C)nc(SCc2ccc(C(=O)NNC(=O)Cc3ccc(F)cc3)cc2)n1. The van der Waals surface area contributed by atoms with Crippen molar-refractivity contribution in [2.24, 2.45) is 0 Å². The Kier molecular flexibility index (Phi) is 7.13. The normalized spacial score (nSPS) is 10.5. The molecule has 1 aromatic heterocycles. The van der Waals surface area contributed by atoms with Crippen LogP contribution in [0.1, 0.15) is 32.9 Å². The zero-order chi connectivity index (χ0) is 21.5. The summed E-state index contributed by atoms with van der Waals surface area (Å²) in [5.74, 6) is -0.495. The number of nitrogens with zero attached hydrogens (tertiary/aromatic N) is 2. The number of carbonyl (C=O) groups is 2. The fourth-order valence-corrected chi connectivity index (χ4v) is 3.59. The molecule has 30 heavy (non-hydrogen) atoms. The fourth-order valence-electron chi connectivity index (χ4n) is 2.69. The summed E-state index contributed by atoms with van der Waals surface area (Å²) >= 11 is 1.53. The number of nitrogens with one attached hydrogen (secondary N) is 2. The van der Waals surface area contributed by atoms with E-state index in [2.05, 4.69) is 20.8 Å². The molecule has 2 aromatic carbocycles. The van der Waals surface area contributed by atoms with Gasteiger partial charge in [-0.1, -0.05) is 36.0 Å². The first kappa shape index (κ1) is 21.4. The number of hydrogen-bond donors (Lipinski definition) is 2. The molecule has 1 heterocycles. The quantitative estimate of drug-likeness (QED) is 0.359. The van der Waals surface area contributed by atoms with Crippen molar-refractivity contribution >= 4 is 23.6 Å². The Morgan fingerprint density at radius 2 is 1.50 bits per heavy atom. The molecule has 0 unspecified atom stereocenters. The maximum absolute atomic E-state index is 12.9. The standard InChI is InChI=1S/C22H21FN4O2S/c1-14-11-15(2)25-22(24-14)30-13-17-3-7-18(8-4-17)21(29)27-26-20(28)12-16-5-9-19(23)10-6-16/h3-11H,12-13H2,1-2H3,(H,26,28)(H,27,29). The lowest BCUT2D eigenvalue weighted by molar-refractivity contribution is -0.121. The molecule has 0 radical (unpaired) electrons. The highest BCUT2D eigenvalue weighted by Gasteiger charge is 2.09. The van der Waals surface area contributed by atoms with E-state index in [1.807, 2.05) is 32.0 Å². The summed E-state index contributed by atoms with van der Waals surface area (Å²) in [6.45, 7) is 3.87. The monoisotopic (exact) mass is 424 g/mol. The van der Waals surface area contributed by atoms with Crippen LogP contribution in [0.25, 0.3) is 0 Å². The van der Waals surface area contributed by atoms with E-state index in [0.717, 1.165) is 22.1 Å². The summed E-state index contributed by atoms with van der Waals surface area (Å²) in [6, 6.07) is 14.6. The van der Waals surface area contributed by atoms with Crippen molar-refractivity contribution in [3.63, 3.8) is 0 Å². The van der Waals surface area contributed by atoms with Gasteiger partial charge in [0.05, 0.1) is 6.42 Å². The summed E-state index contributed by atoms with van der Waals surface area (Å²) in [5.41, 5.74) is 8.71. The Hall–Kier alpha value is -3.26. The first-order valence-corrected chi connectivity index (χ1v) is 10.3. The molecule has 0 bridgehead atoms. The van der Waals surface area contributed by atoms with Gasteiger partial charge in [-0.2, -0.15) is 0 Å². The van der Waals surface area contributed by atoms with Crippen LogP contribution in [-0.2, 0) is 17.0 Å². The van der Waals surface area contributed by atoms with E-state index in [1.165, 1.54) is 36.0 Å². The Morgan fingerprint density at radius 1 is 0.900 bits per heavy atom. The molecule has 154 valence electrons. The lowest BCUT2D eigenvalue weighted by Crippen LogP contribution is -2.42. The number of hydrogen-bond acceptors (Lipinski definition) is 5. The molecular weight excluding hydrogens is 403 g/mol. The average Bonchev–Trinajstić information content (AvgIpc) is 2.72. The van der Waals surface area contributed by atoms with Crippen LogP contribution in [0.3, 0.4) is 0 Å². The molecule has 8 heteroatoms. The van der Waals surface area contributed by atoms with Crippen LogP contribution in [-0.4, -0.2) is 21.8 Å². The number of carbonyl (C=O) groups excluding carboxylic acids is 2. The van der Waals surface area contributed by atoms with Crippen molar-refractivity contribution in [2.75, 3.05) is 0 Å². The third-order valence-corrected chi connectivity index (χ3v) is 5.06. The van der Waals surface area contributed by atoms with Crippen LogP contribution in [0.15, 0.2) is 59.8 Å². The predicted octanol–water partition coefficient (Wildman–Crippen LogP) is 3.53. The lowest BCUT2D eigenvalue weighted by Gasteiger charge is -2.08. The second-order valence-corrected chi connectivity index (χ2v) is 7.67. The van der Waals surface area contributed by atoms with E-state index in [-0.39, 0.29) is 12.2 Å². The van der Waals surface area contributed by atoms with Crippen LogP contribution in [0.4, 0.5) is 4.39 Å². The van der Waals surface area contributed by atoms with Crippen LogP contribution in [0, 0.1) is 19.7 Å². The summed E-state index contributed by atoms with van der Waals surface area (Å²) in [6.07, 6.45) is 0.0389. The Balaban J connectivity index is 1.48. The number of hydrazine groups is 1. The van der Waals surface area contributed by atoms with Crippen molar-refractivity contribution in [3.8, 4) is 0 Å². The number of aromatic nitrogens is 2. The van der Waals surface area contributed by atoms with Gasteiger partial charge in [0.25, 0.3) is 5.91 Å². The minimum Gasteiger partial charge on any atom is -0.273 e. The van der Waals surface area contributed by atoms with Crippen LogP contribution in [0.5, 0.6) is 0 Å². The Bertz CT molecular complexity index is 1020. The topological polar surface area (TPSA) is 84.0 Å². The maximum atomic E-state index is 12.9. The molecule has 3 rings (SSSR count). The number of benzene rings is 2. The summed E-state index contributed by atoms with van der Waals surface area (Å²) < 4.78 is 12.9. The Labute approximate surface area is 178 Å². The van der Waals surface area contributed by atoms with Crippen LogP contribution >= 0.6 is 11.8 Å². The van der Waals surface area contributed by atoms with Crippen molar-refractivity contribution in [1.29, 1.82) is 0 Å². The van der Waals surface area contributed by atoms with Gasteiger partial charge in [-0.25, -0.2) is 14.4 Å². The largest absolute Gasteiger partial charge is 0.273 e. The second kappa shape index (κ2) is 9.98. The van der Waals surface area contributed by atoms with E-state index in [9.17, 15) is 14.0 Å². The molecule has 6 nitrogen and oxygen atoms in total. The molecule has 0 saturated carbocycles. The van der Waals surface area contributed by atoms with E-state index in [0.29, 0.717) is 16.9 Å². The third-order valence-electron chi connectivity index (χ3n) is 4.14. The molecule has 0 fully saturated rings. The maximum Gasteiger partial charge on any atom is 0.269 e. The first-order chi connectivity index (χ1) is 14.4. The van der Waals surface area contributed by atoms with Crippen molar-refractivity contribution < 1.29 is 14.0 Å². The zero-order valence-corrected chi connectivity index (χ0v) is 17.4. The van der Waals surface area contributed by atoms with Gasteiger partial charge in [0.15, 0.2) is 5.16 Å². The molecule has 3 aromatic rings. The number of aryl methyl sites for hydroxylation is 2. The fraction of sp³-hybridized carbons (Fsp3) is 0.182. The summed E-state index contributed by atoms with van der Waals surface area (Å²) in [7, 11) is 0. The van der Waals surface area contributed by atoms with Crippen molar-refractivity contribution in [3.05, 3.63) is 88.5 Å². The molecule has 2 amide bonds. The van der Waals surface area contributed by atoms with Gasteiger partial charge in [0.2, 0.25) is 5.91 Å². The highest BCUT2D eigenvalue weighted by atomic mass is 32.2. The summed E-state index contributed by atoms with van der Waals surface area (Å²) in [5, 5.41) is 0.721. The molecule has 0 spiro atoms. The van der Waals surface area contributed by atoms with Gasteiger partial charge in [-0.3, -0.25) is 20.4 Å². The van der Waals surface area contributed by atoms with Gasteiger partial charge >= 0.3 is 0 Å². The van der Waals surface area contributed by atoms with E-state index in [1.54, 1.807) is 12.1 Å². The van der Waals surface area contributed by atoms with Gasteiger partial charge in [0, 0.05) is 22.7 Å². The third kappa shape index (κ3) is 6.38. The second-order valence-electron chi connectivity index (χ2n) is 6.72. The minimum atomic E-state index is -0.417. The zero-order valence-electron chi connectivity index (χ0n) is 16.6. The molecule has 2 N–H and O–H groups in total. The van der Waals surface area contributed by atoms with E-state index < -0.39 is 11.8 Å². The molecular formula is C22H21FN4O2S. The van der Waals surface area contributed by atoms with Gasteiger partial charge < -0.3 is 0 Å². The molecule has 0 saturated heterocycles. The summed E-state index contributed by atoms with van der Waals surface area (Å²) in [4.78, 5) is 32.9. The number of thioether (sulfide) groups is 1. The van der Waals surface area contributed by atoms with E-state index in [4.69, 9.17) is 0 Å². The van der Waals surface area contributed by atoms with Gasteiger partial charge in [-0.05, 0) is 55.3 Å². The molecule has 0 atom stereocenters. The first-order valence-electron chi connectivity index (χ1n) is 9.27. The highest BCUT2D eigenvalue weighted by Crippen LogP contribution is 2.20. The lowest BCUT2D eigenvalue weighted by atomic mass is 10.1. The highest BCUT2D eigenvalue weighted by molar-refractivity contribution is 7.98. The minimum absolute atomic E-state index is 0.0389. The molecule has 0 aliphatic rings. The number of halogens is 1. The Morgan fingerprint density at radius 3 is 2.13 bits per heavy atom. The molecule has 0 aliphatic carbocycles. The van der Waals surface area contributed by atoms with Gasteiger partial charge in [0.1, 0.15) is 5.82 Å². The molecule has 0 aliphatic heterocycles. The van der Waals surface area contributed by atoms with Crippen molar-refractivity contribution in [2.45, 2.75) is 31.2 Å².